The van der Waals surface area contributed by atoms with Crippen molar-refractivity contribution in [3.8, 4) is 11.5 Å². The number of benzene rings is 1. The molecule has 0 fully saturated rings. The number of hydrogen-bond acceptors (Lipinski definition) is 4. The highest BCUT2D eigenvalue weighted by atomic mass is 19.4. The lowest BCUT2D eigenvalue weighted by atomic mass is 9.99. The first-order valence-corrected chi connectivity index (χ1v) is 8.68. The number of ether oxygens (including phenoxy) is 1. The van der Waals surface area contributed by atoms with Crippen LogP contribution in [0.5, 0.6) is 11.5 Å². The Bertz CT molecular complexity index is 878. The summed E-state index contributed by atoms with van der Waals surface area (Å²) in [5.74, 6) is -0.584. The number of nitrogens with zero attached hydrogens (tertiary/aromatic N) is 2. The lowest BCUT2D eigenvalue weighted by Crippen LogP contribution is -2.42. The van der Waals surface area contributed by atoms with Gasteiger partial charge in [-0.25, -0.2) is 4.98 Å². The molecule has 1 amide bonds. The van der Waals surface area contributed by atoms with Crippen molar-refractivity contribution in [3.05, 3.63) is 41.5 Å². The fraction of sp³-hybridized carbons (Fsp3) is 0.444. The average Bonchev–Trinajstić information content (AvgIpc) is 3.04. The van der Waals surface area contributed by atoms with Crippen molar-refractivity contribution in [3.63, 3.8) is 0 Å². The molecule has 2 aliphatic rings. The van der Waals surface area contributed by atoms with Crippen LogP contribution in [0.25, 0.3) is 0 Å². The van der Waals surface area contributed by atoms with E-state index in [0.717, 1.165) is 5.56 Å². The highest BCUT2D eigenvalue weighted by Gasteiger charge is 2.41. The van der Waals surface area contributed by atoms with Crippen molar-refractivity contribution in [2.45, 2.75) is 38.0 Å². The number of nitrogens with one attached hydrogen (secondary N) is 1. The summed E-state index contributed by atoms with van der Waals surface area (Å²) >= 11 is 0. The zero-order valence-electron chi connectivity index (χ0n) is 14.3. The Morgan fingerprint density at radius 3 is 2.96 bits per heavy atom. The van der Waals surface area contributed by atoms with E-state index < -0.39 is 18.0 Å². The number of phenols is 1. The number of phenolic OH excluding ortho intramolecular Hbond substituents is 1. The summed E-state index contributed by atoms with van der Waals surface area (Å²) in [5, 5.41) is 12.4. The van der Waals surface area contributed by atoms with E-state index in [4.69, 9.17) is 4.74 Å². The van der Waals surface area contributed by atoms with Gasteiger partial charge in [0.2, 0.25) is 0 Å². The molecule has 3 heterocycles. The molecule has 6 nitrogen and oxygen atoms in total. The topological polar surface area (TPSA) is 76.4 Å². The molecule has 2 N–H and O–H groups in total. The first kappa shape index (κ1) is 17.7. The molecule has 0 spiro atoms. The number of hydrogen-bond donors (Lipinski definition) is 2. The van der Waals surface area contributed by atoms with Crippen molar-refractivity contribution in [2.24, 2.45) is 5.92 Å². The number of aromatic hydroxyl groups is 1. The van der Waals surface area contributed by atoms with Crippen LogP contribution in [-0.2, 0) is 19.4 Å². The molecule has 0 radical (unpaired) electrons. The zero-order valence-corrected chi connectivity index (χ0v) is 14.3. The van der Waals surface area contributed by atoms with Crippen LogP contribution in [0.4, 0.5) is 13.2 Å². The highest BCUT2D eigenvalue weighted by Crippen LogP contribution is 2.34. The predicted octanol–water partition coefficient (Wildman–Crippen LogP) is 2.45. The first-order valence-electron chi connectivity index (χ1n) is 8.68. The van der Waals surface area contributed by atoms with Gasteiger partial charge in [-0.15, -0.1) is 0 Å². The standard InChI is InChI=1S/C18H18F3N3O3/c19-18(20,21)11-1-4-16-23-14(8-24(16)7-11)17(26)22-12-5-10-6-13(25)2-3-15(10)27-9-12/h2-3,6,8,11-12,25H,1,4-5,7,9H2,(H,22,26). The highest BCUT2D eigenvalue weighted by molar-refractivity contribution is 5.92. The summed E-state index contributed by atoms with van der Waals surface area (Å²) in [6.07, 6.45) is -2.21. The van der Waals surface area contributed by atoms with Crippen molar-refractivity contribution in [1.29, 1.82) is 0 Å². The third-order valence-corrected chi connectivity index (χ3v) is 4.97. The summed E-state index contributed by atoms with van der Waals surface area (Å²) in [6, 6.07) is 4.47. The third-order valence-electron chi connectivity index (χ3n) is 4.97. The van der Waals surface area contributed by atoms with Crippen LogP contribution >= 0.6 is 0 Å². The van der Waals surface area contributed by atoms with Gasteiger partial charge in [-0.05, 0) is 36.6 Å². The predicted molar refractivity (Wildman–Crippen MR) is 88.7 cm³/mol. The van der Waals surface area contributed by atoms with Crippen molar-refractivity contribution < 1.29 is 27.8 Å². The molecule has 0 aliphatic carbocycles. The maximum absolute atomic E-state index is 12.9. The Balaban J connectivity index is 1.44. The summed E-state index contributed by atoms with van der Waals surface area (Å²) in [5.41, 5.74) is 0.887. The molecular formula is C18H18F3N3O3. The zero-order chi connectivity index (χ0) is 19.2. The smallest absolute Gasteiger partial charge is 0.393 e. The van der Waals surface area contributed by atoms with Crippen LogP contribution in [0.2, 0.25) is 0 Å². The molecule has 4 rings (SSSR count). The summed E-state index contributed by atoms with van der Waals surface area (Å²) in [6.45, 7) is 0.0610. The Morgan fingerprint density at radius 1 is 1.37 bits per heavy atom. The van der Waals surface area contributed by atoms with Gasteiger partial charge in [0.05, 0.1) is 12.0 Å². The van der Waals surface area contributed by atoms with Crippen LogP contribution in [0.15, 0.2) is 24.4 Å². The van der Waals surface area contributed by atoms with E-state index in [1.807, 2.05) is 0 Å². The fourth-order valence-electron chi connectivity index (χ4n) is 3.55. The quantitative estimate of drug-likeness (QED) is 0.838. The Labute approximate surface area is 153 Å². The van der Waals surface area contributed by atoms with Gasteiger partial charge in [0.1, 0.15) is 29.6 Å². The average molecular weight is 381 g/mol. The second kappa shape index (κ2) is 6.47. The number of alkyl halides is 3. The first-order chi connectivity index (χ1) is 12.8. The second-order valence-corrected chi connectivity index (χ2v) is 6.95. The number of rotatable bonds is 2. The number of aromatic nitrogens is 2. The molecule has 27 heavy (non-hydrogen) atoms. The minimum Gasteiger partial charge on any atom is -0.508 e. The van der Waals surface area contributed by atoms with Crippen molar-refractivity contribution >= 4 is 5.91 Å². The van der Waals surface area contributed by atoms with Crippen molar-refractivity contribution in [1.82, 2.24) is 14.9 Å². The van der Waals surface area contributed by atoms with E-state index in [9.17, 15) is 23.1 Å². The molecular weight excluding hydrogens is 363 g/mol. The summed E-state index contributed by atoms with van der Waals surface area (Å²) in [7, 11) is 0. The Hall–Kier alpha value is -2.71. The van der Waals surface area contributed by atoms with Gasteiger partial charge < -0.3 is 19.7 Å². The molecule has 9 heteroatoms. The SMILES string of the molecule is O=C(NC1COc2ccc(O)cc2C1)c1cn2c(n1)CCC(C(F)(F)F)C2. The number of aryl methyl sites for hydroxylation is 1. The number of carbonyl (C=O) groups is 1. The number of carbonyl (C=O) groups excluding carboxylic acids is 1. The summed E-state index contributed by atoms with van der Waals surface area (Å²) < 4.78 is 45.7. The molecule has 0 saturated heterocycles. The number of halogens is 3. The molecule has 144 valence electrons. The van der Waals surface area contributed by atoms with Gasteiger partial charge in [0, 0.05) is 19.2 Å². The second-order valence-electron chi connectivity index (χ2n) is 6.95. The molecule has 0 bridgehead atoms. The van der Waals surface area contributed by atoms with E-state index in [1.54, 1.807) is 12.1 Å². The molecule has 2 atom stereocenters. The maximum atomic E-state index is 12.9. The fourth-order valence-corrected chi connectivity index (χ4v) is 3.55. The lowest BCUT2D eigenvalue weighted by molar-refractivity contribution is -0.182. The van der Waals surface area contributed by atoms with Gasteiger partial charge in [-0.3, -0.25) is 4.79 Å². The Kier molecular flexibility index (Phi) is 4.24. The van der Waals surface area contributed by atoms with Gasteiger partial charge in [-0.1, -0.05) is 0 Å². The normalized spacial score (nSPS) is 21.7. The van der Waals surface area contributed by atoms with Crippen LogP contribution < -0.4 is 10.1 Å². The van der Waals surface area contributed by atoms with Crippen LogP contribution in [0.3, 0.4) is 0 Å². The number of fused-ring (bicyclic) bond motifs is 2. The minimum atomic E-state index is -4.25. The monoisotopic (exact) mass is 381 g/mol. The molecule has 1 aromatic carbocycles. The van der Waals surface area contributed by atoms with Gasteiger partial charge in [-0.2, -0.15) is 13.2 Å². The molecule has 2 unspecified atom stereocenters. The maximum Gasteiger partial charge on any atom is 0.393 e. The van der Waals surface area contributed by atoms with E-state index in [2.05, 4.69) is 10.3 Å². The van der Waals surface area contributed by atoms with E-state index >= 15 is 0 Å². The molecule has 2 aromatic rings. The van der Waals surface area contributed by atoms with Gasteiger partial charge >= 0.3 is 6.18 Å². The van der Waals surface area contributed by atoms with Crippen LogP contribution in [-0.4, -0.2) is 39.4 Å². The van der Waals surface area contributed by atoms with E-state index in [1.165, 1.54) is 16.8 Å². The molecule has 2 aliphatic heterocycles. The third kappa shape index (κ3) is 3.58. The number of imidazole rings is 1. The minimum absolute atomic E-state index is 0.0156. The number of amides is 1. The van der Waals surface area contributed by atoms with E-state index in [-0.39, 0.29) is 43.5 Å². The molecule has 1 aromatic heterocycles. The van der Waals surface area contributed by atoms with Gasteiger partial charge in [0.25, 0.3) is 5.91 Å². The summed E-state index contributed by atoms with van der Waals surface area (Å²) in [4.78, 5) is 16.7. The van der Waals surface area contributed by atoms with Gasteiger partial charge in [0.15, 0.2) is 0 Å². The van der Waals surface area contributed by atoms with Crippen LogP contribution in [0, 0.1) is 5.92 Å². The van der Waals surface area contributed by atoms with Crippen molar-refractivity contribution in [2.75, 3.05) is 6.61 Å². The van der Waals surface area contributed by atoms with E-state index in [0.29, 0.717) is 18.0 Å². The lowest BCUT2D eigenvalue weighted by Gasteiger charge is -2.25. The Morgan fingerprint density at radius 2 is 2.19 bits per heavy atom. The van der Waals surface area contributed by atoms with Crippen LogP contribution in [0.1, 0.15) is 28.3 Å². The largest absolute Gasteiger partial charge is 0.508 e. The molecule has 0 saturated carbocycles.